The van der Waals surface area contributed by atoms with Crippen LogP contribution in [0.3, 0.4) is 0 Å². The second-order valence-electron chi connectivity index (χ2n) is 3.85. The van der Waals surface area contributed by atoms with Crippen molar-refractivity contribution in [2.75, 3.05) is 26.9 Å². The molecule has 1 aromatic rings. The largest absolute Gasteiger partial charge is 0.481 e. The number of pyridine rings is 1. The van der Waals surface area contributed by atoms with Gasteiger partial charge in [0.05, 0.1) is 13.7 Å². The molecular weight excluding hydrogens is 216 g/mol. The summed E-state index contributed by atoms with van der Waals surface area (Å²) in [6.07, 6.45) is 4.08. The lowest BCUT2D eigenvalue weighted by molar-refractivity contribution is 0.133. The highest BCUT2D eigenvalue weighted by Crippen LogP contribution is 2.07. The predicted octanol–water partition coefficient (Wildman–Crippen LogP) is 2.00. The molecule has 0 spiro atoms. The highest BCUT2D eigenvalue weighted by Gasteiger charge is 1.96. The molecule has 0 saturated carbocycles. The molecule has 0 aromatic carbocycles. The molecule has 0 radical (unpaired) electrons. The fourth-order valence-electron chi connectivity index (χ4n) is 1.40. The van der Waals surface area contributed by atoms with Crippen molar-refractivity contribution in [1.29, 1.82) is 0 Å². The van der Waals surface area contributed by atoms with E-state index in [4.69, 9.17) is 9.47 Å². The molecule has 4 heteroatoms. The molecule has 17 heavy (non-hydrogen) atoms. The molecule has 0 fully saturated rings. The van der Waals surface area contributed by atoms with Crippen LogP contribution in [0, 0.1) is 0 Å². The maximum absolute atomic E-state index is 5.46. The summed E-state index contributed by atoms with van der Waals surface area (Å²) in [5.74, 6) is 0.656. The number of hydrogen-bond donors (Lipinski definition) is 1. The molecule has 1 heterocycles. The van der Waals surface area contributed by atoms with Crippen LogP contribution in [0.5, 0.6) is 5.88 Å². The van der Waals surface area contributed by atoms with Crippen LogP contribution in [-0.4, -0.2) is 31.9 Å². The minimum absolute atomic E-state index is 0.656. The molecule has 4 nitrogen and oxygen atoms in total. The van der Waals surface area contributed by atoms with Gasteiger partial charge in [-0.05, 0) is 18.1 Å². The molecule has 96 valence electrons. The molecule has 0 aliphatic carbocycles. The van der Waals surface area contributed by atoms with Gasteiger partial charge >= 0.3 is 0 Å². The topological polar surface area (TPSA) is 43.4 Å². The molecule has 1 N–H and O–H groups in total. The van der Waals surface area contributed by atoms with Gasteiger partial charge < -0.3 is 14.8 Å². The number of methoxy groups -OCH3 is 1. The first-order chi connectivity index (χ1) is 8.36. The average molecular weight is 238 g/mol. The second kappa shape index (κ2) is 8.96. The minimum Gasteiger partial charge on any atom is -0.481 e. The monoisotopic (exact) mass is 238 g/mol. The average Bonchev–Trinajstić information content (AvgIpc) is 2.38. The Labute approximate surface area is 103 Å². The van der Waals surface area contributed by atoms with E-state index in [1.54, 1.807) is 13.3 Å². The molecule has 1 rings (SSSR count). The zero-order chi connectivity index (χ0) is 12.3. The van der Waals surface area contributed by atoms with E-state index in [0.29, 0.717) is 5.88 Å². The Balaban J connectivity index is 2.09. The van der Waals surface area contributed by atoms with Gasteiger partial charge in [-0.1, -0.05) is 13.3 Å². The smallest absolute Gasteiger partial charge is 0.213 e. The first-order valence-corrected chi connectivity index (χ1v) is 6.14. The van der Waals surface area contributed by atoms with Gasteiger partial charge in [-0.15, -0.1) is 0 Å². The van der Waals surface area contributed by atoms with Crippen LogP contribution >= 0.6 is 0 Å². The normalized spacial score (nSPS) is 10.5. The van der Waals surface area contributed by atoms with E-state index in [0.717, 1.165) is 32.7 Å². The third kappa shape index (κ3) is 6.24. The summed E-state index contributed by atoms with van der Waals surface area (Å²) in [5, 5.41) is 3.32. The molecule has 0 unspecified atom stereocenters. The number of ether oxygens (including phenoxy) is 2. The van der Waals surface area contributed by atoms with Gasteiger partial charge in [0, 0.05) is 32.0 Å². The summed E-state index contributed by atoms with van der Waals surface area (Å²) in [4.78, 5) is 4.06. The summed E-state index contributed by atoms with van der Waals surface area (Å²) in [6.45, 7) is 5.48. The van der Waals surface area contributed by atoms with E-state index in [1.807, 2.05) is 12.1 Å². The van der Waals surface area contributed by atoms with Gasteiger partial charge in [-0.2, -0.15) is 0 Å². The Hall–Kier alpha value is -1.13. The van der Waals surface area contributed by atoms with E-state index in [-0.39, 0.29) is 0 Å². The lowest BCUT2D eigenvalue weighted by atomic mass is 10.2. The van der Waals surface area contributed by atoms with Gasteiger partial charge in [0.1, 0.15) is 0 Å². The zero-order valence-electron chi connectivity index (χ0n) is 10.7. The Bertz CT molecular complexity index is 305. The summed E-state index contributed by atoms with van der Waals surface area (Å²) in [7, 11) is 1.63. The van der Waals surface area contributed by atoms with Crippen molar-refractivity contribution in [2.24, 2.45) is 0 Å². The lowest BCUT2D eigenvalue weighted by Gasteiger charge is -2.06. The Kier molecular flexibility index (Phi) is 7.34. The van der Waals surface area contributed by atoms with E-state index < -0.39 is 0 Å². The van der Waals surface area contributed by atoms with Gasteiger partial charge in [0.25, 0.3) is 0 Å². The Morgan fingerprint density at radius 1 is 1.35 bits per heavy atom. The van der Waals surface area contributed by atoms with Crippen molar-refractivity contribution in [3.05, 3.63) is 23.9 Å². The van der Waals surface area contributed by atoms with Crippen LogP contribution in [0.25, 0.3) is 0 Å². The van der Waals surface area contributed by atoms with Crippen LogP contribution < -0.4 is 10.1 Å². The zero-order valence-corrected chi connectivity index (χ0v) is 10.7. The predicted molar refractivity (Wildman–Crippen MR) is 68.2 cm³/mol. The van der Waals surface area contributed by atoms with E-state index >= 15 is 0 Å². The van der Waals surface area contributed by atoms with Crippen molar-refractivity contribution in [2.45, 2.75) is 26.3 Å². The Morgan fingerprint density at radius 2 is 2.24 bits per heavy atom. The molecular formula is C13H22N2O2. The molecule has 1 aromatic heterocycles. The fraction of sp³-hybridized carbons (Fsp3) is 0.615. The first-order valence-electron chi connectivity index (χ1n) is 6.14. The van der Waals surface area contributed by atoms with Crippen molar-refractivity contribution in [3.8, 4) is 5.88 Å². The summed E-state index contributed by atoms with van der Waals surface area (Å²) in [6, 6.07) is 3.92. The summed E-state index contributed by atoms with van der Waals surface area (Å²) >= 11 is 0. The summed E-state index contributed by atoms with van der Waals surface area (Å²) in [5.41, 5.74) is 1.17. The van der Waals surface area contributed by atoms with Gasteiger partial charge in [-0.25, -0.2) is 4.98 Å². The SMILES string of the molecule is CCCCOCCNCc1ccnc(OC)c1. The highest BCUT2D eigenvalue weighted by atomic mass is 16.5. The molecule has 0 amide bonds. The number of nitrogens with zero attached hydrogens (tertiary/aromatic N) is 1. The minimum atomic E-state index is 0.656. The maximum atomic E-state index is 5.46. The molecule has 0 aliphatic rings. The second-order valence-corrected chi connectivity index (χ2v) is 3.85. The number of nitrogens with one attached hydrogen (secondary N) is 1. The van der Waals surface area contributed by atoms with Crippen LogP contribution in [-0.2, 0) is 11.3 Å². The van der Waals surface area contributed by atoms with Gasteiger partial charge in [0.2, 0.25) is 5.88 Å². The summed E-state index contributed by atoms with van der Waals surface area (Å²) < 4.78 is 10.5. The van der Waals surface area contributed by atoms with Crippen LogP contribution in [0.4, 0.5) is 0 Å². The van der Waals surface area contributed by atoms with Crippen molar-refractivity contribution >= 4 is 0 Å². The van der Waals surface area contributed by atoms with Gasteiger partial charge in [-0.3, -0.25) is 0 Å². The van der Waals surface area contributed by atoms with Crippen LogP contribution in [0.2, 0.25) is 0 Å². The first kappa shape index (κ1) is 13.9. The van der Waals surface area contributed by atoms with Crippen LogP contribution in [0.1, 0.15) is 25.3 Å². The quantitative estimate of drug-likeness (QED) is 0.668. The van der Waals surface area contributed by atoms with Crippen molar-refractivity contribution in [1.82, 2.24) is 10.3 Å². The third-order valence-electron chi connectivity index (χ3n) is 2.40. The number of unbranched alkanes of at least 4 members (excludes halogenated alkanes) is 1. The molecule has 0 aliphatic heterocycles. The lowest BCUT2D eigenvalue weighted by Crippen LogP contribution is -2.19. The van der Waals surface area contributed by atoms with E-state index in [1.165, 1.54) is 12.0 Å². The highest BCUT2D eigenvalue weighted by molar-refractivity contribution is 5.20. The van der Waals surface area contributed by atoms with Crippen LogP contribution in [0.15, 0.2) is 18.3 Å². The maximum Gasteiger partial charge on any atom is 0.213 e. The number of rotatable bonds is 9. The molecule has 0 saturated heterocycles. The van der Waals surface area contributed by atoms with Crippen molar-refractivity contribution in [3.63, 3.8) is 0 Å². The fourth-order valence-corrected chi connectivity index (χ4v) is 1.40. The van der Waals surface area contributed by atoms with E-state index in [9.17, 15) is 0 Å². The standard InChI is InChI=1S/C13H22N2O2/c1-3-4-8-17-9-7-14-11-12-5-6-15-13(10-12)16-2/h5-6,10,14H,3-4,7-9,11H2,1-2H3. The van der Waals surface area contributed by atoms with Gasteiger partial charge in [0.15, 0.2) is 0 Å². The number of hydrogen-bond acceptors (Lipinski definition) is 4. The molecule has 0 bridgehead atoms. The molecule has 0 atom stereocenters. The van der Waals surface area contributed by atoms with Crippen molar-refractivity contribution < 1.29 is 9.47 Å². The van der Waals surface area contributed by atoms with E-state index in [2.05, 4.69) is 17.2 Å². The third-order valence-corrected chi connectivity index (χ3v) is 2.40. The number of aromatic nitrogens is 1. The Morgan fingerprint density at radius 3 is 3.00 bits per heavy atom.